The Bertz CT molecular complexity index is 1340. The molecule has 0 aliphatic carbocycles. The van der Waals surface area contributed by atoms with Crippen LogP contribution in [0, 0.1) is 11.6 Å². The fourth-order valence-electron chi connectivity index (χ4n) is 4.71. The molecule has 3 aromatic carbocycles. The Morgan fingerprint density at radius 3 is 2.49 bits per heavy atom. The largest absolute Gasteiger partial charge is 0.486 e. The molecule has 1 saturated heterocycles. The molecule has 2 aliphatic heterocycles. The van der Waals surface area contributed by atoms with E-state index in [4.69, 9.17) is 14.2 Å². The molecule has 1 amide bonds. The van der Waals surface area contributed by atoms with Gasteiger partial charge in [0.05, 0.1) is 6.04 Å². The van der Waals surface area contributed by atoms with Gasteiger partial charge in [0.2, 0.25) is 5.78 Å². The van der Waals surface area contributed by atoms with Crippen molar-refractivity contribution in [3.63, 3.8) is 0 Å². The van der Waals surface area contributed by atoms with Gasteiger partial charge in [0, 0.05) is 12.1 Å². The quantitative estimate of drug-likeness (QED) is 0.314. The Balaban J connectivity index is 1.33. The number of benzene rings is 3. The molecule has 0 unspecified atom stereocenters. The molecule has 3 aromatic rings. The zero-order valence-electron chi connectivity index (χ0n) is 21.1. The fourth-order valence-corrected chi connectivity index (χ4v) is 4.71. The first-order chi connectivity index (χ1) is 18.9. The zero-order valence-corrected chi connectivity index (χ0v) is 21.1. The lowest BCUT2D eigenvalue weighted by molar-refractivity contribution is -0.118. The van der Waals surface area contributed by atoms with Crippen LogP contribution < -0.4 is 19.5 Å². The van der Waals surface area contributed by atoms with Gasteiger partial charge in [-0.15, -0.1) is 0 Å². The molecule has 39 heavy (non-hydrogen) atoms. The molecule has 0 bridgehead atoms. The topological polar surface area (TPSA) is 97.3 Å². The van der Waals surface area contributed by atoms with Gasteiger partial charge in [-0.1, -0.05) is 12.1 Å². The summed E-state index contributed by atoms with van der Waals surface area (Å²) in [7, 11) is 0. The summed E-state index contributed by atoms with van der Waals surface area (Å²) in [6, 6.07) is 13.2. The number of ether oxygens (including phenoxy) is 3. The number of aliphatic hydroxyl groups is 1. The van der Waals surface area contributed by atoms with Gasteiger partial charge < -0.3 is 29.5 Å². The van der Waals surface area contributed by atoms with E-state index in [0.717, 1.165) is 32.0 Å². The first-order valence-electron chi connectivity index (χ1n) is 12.8. The van der Waals surface area contributed by atoms with Gasteiger partial charge >= 0.3 is 0 Å². The molecule has 0 aromatic heterocycles. The second-order valence-electron chi connectivity index (χ2n) is 9.47. The molecule has 10 heteroatoms. The third-order valence-corrected chi connectivity index (χ3v) is 6.66. The SMILES string of the molecule is O=C(N[C@H](CN1CCCC1)[C@H](O)c1cc(F)c2c(c1)OCCO2)C(=O)c1cccc(Oc2ccc(F)cc2)c1. The standard InChI is InChI=1S/C29H28F2N2O6/c30-20-6-8-21(9-7-20)39-22-5-3-4-18(14-22)27(35)29(36)32-24(17-33-10-1-2-11-33)26(34)19-15-23(31)28-25(16-19)37-12-13-38-28/h3-9,14-16,24,26,34H,1-2,10-13,17H2,(H,32,36)/t24-,26-/m1/s1. The third kappa shape index (κ3) is 6.35. The number of nitrogens with one attached hydrogen (secondary N) is 1. The Morgan fingerprint density at radius 1 is 0.974 bits per heavy atom. The van der Waals surface area contributed by atoms with Crippen molar-refractivity contribution >= 4 is 11.7 Å². The molecule has 2 heterocycles. The second kappa shape index (κ2) is 11.8. The number of carbonyl (C=O) groups excluding carboxylic acids is 2. The van der Waals surface area contributed by atoms with E-state index in [1.165, 1.54) is 42.5 Å². The molecular formula is C29H28F2N2O6. The number of aliphatic hydroxyl groups excluding tert-OH is 1. The van der Waals surface area contributed by atoms with Crippen LogP contribution in [0.25, 0.3) is 0 Å². The summed E-state index contributed by atoms with van der Waals surface area (Å²) in [6.45, 7) is 2.30. The Hall–Kier alpha value is -4.02. The zero-order chi connectivity index (χ0) is 27.4. The maximum absolute atomic E-state index is 14.7. The molecule has 1 fully saturated rings. The maximum Gasteiger partial charge on any atom is 0.292 e. The second-order valence-corrected chi connectivity index (χ2v) is 9.47. The normalized spacial score (nSPS) is 16.4. The number of rotatable bonds is 9. The highest BCUT2D eigenvalue weighted by molar-refractivity contribution is 6.42. The highest BCUT2D eigenvalue weighted by atomic mass is 19.1. The number of ketones is 1. The van der Waals surface area contributed by atoms with E-state index in [0.29, 0.717) is 11.5 Å². The number of likely N-dealkylation sites (tertiary alicyclic amines) is 1. The third-order valence-electron chi connectivity index (χ3n) is 6.66. The highest BCUT2D eigenvalue weighted by Gasteiger charge is 2.31. The van der Waals surface area contributed by atoms with Crippen LogP contribution >= 0.6 is 0 Å². The number of halogens is 2. The van der Waals surface area contributed by atoms with Gasteiger partial charge in [-0.3, -0.25) is 9.59 Å². The van der Waals surface area contributed by atoms with Crippen LogP contribution in [-0.2, 0) is 4.79 Å². The number of amides is 1. The monoisotopic (exact) mass is 538 g/mol. The number of Topliss-reactive ketones (excluding diaryl/α,β-unsaturated/α-hetero) is 1. The predicted octanol–water partition coefficient (Wildman–Crippen LogP) is 4.03. The minimum absolute atomic E-state index is 0.0183. The number of hydrogen-bond acceptors (Lipinski definition) is 7. The summed E-state index contributed by atoms with van der Waals surface area (Å²) in [6.07, 6.45) is 0.644. The van der Waals surface area contributed by atoms with E-state index in [9.17, 15) is 23.5 Å². The molecule has 2 aliphatic rings. The summed E-state index contributed by atoms with van der Waals surface area (Å²) in [5.41, 5.74) is 0.273. The molecule has 2 atom stereocenters. The summed E-state index contributed by atoms with van der Waals surface area (Å²) >= 11 is 0. The van der Waals surface area contributed by atoms with E-state index in [2.05, 4.69) is 10.2 Å². The average molecular weight is 539 g/mol. The predicted molar refractivity (Wildman–Crippen MR) is 137 cm³/mol. The minimum Gasteiger partial charge on any atom is -0.486 e. The van der Waals surface area contributed by atoms with Gasteiger partial charge in [0.1, 0.15) is 36.6 Å². The van der Waals surface area contributed by atoms with Crippen molar-refractivity contribution in [2.45, 2.75) is 25.0 Å². The van der Waals surface area contributed by atoms with Gasteiger partial charge in [0.15, 0.2) is 17.3 Å². The summed E-state index contributed by atoms with van der Waals surface area (Å²) in [5, 5.41) is 13.9. The van der Waals surface area contributed by atoms with Crippen molar-refractivity contribution in [3.05, 3.63) is 83.4 Å². The first-order valence-corrected chi connectivity index (χ1v) is 12.8. The van der Waals surface area contributed by atoms with Gasteiger partial charge in [-0.25, -0.2) is 8.78 Å². The summed E-state index contributed by atoms with van der Waals surface area (Å²) < 4.78 is 44.3. The van der Waals surface area contributed by atoms with Crippen molar-refractivity contribution in [1.29, 1.82) is 0 Å². The van der Waals surface area contributed by atoms with Crippen LogP contribution in [0.4, 0.5) is 8.78 Å². The molecular weight excluding hydrogens is 510 g/mol. The van der Waals surface area contributed by atoms with E-state index >= 15 is 0 Å². The van der Waals surface area contributed by atoms with Crippen LogP contribution in [0.15, 0.2) is 60.7 Å². The molecule has 2 N–H and O–H groups in total. The van der Waals surface area contributed by atoms with Gasteiger partial charge in [-0.2, -0.15) is 0 Å². The van der Waals surface area contributed by atoms with Crippen molar-refractivity contribution < 1.29 is 37.7 Å². The number of fused-ring (bicyclic) bond motifs is 1. The van der Waals surface area contributed by atoms with Crippen LogP contribution in [0.2, 0.25) is 0 Å². The lowest BCUT2D eigenvalue weighted by Crippen LogP contribution is -2.48. The van der Waals surface area contributed by atoms with E-state index in [1.54, 1.807) is 12.1 Å². The highest BCUT2D eigenvalue weighted by Crippen LogP contribution is 2.36. The maximum atomic E-state index is 14.7. The molecule has 0 spiro atoms. The van der Waals surface area contributed by atoms with Crippen LogP contribution in [-0.4, -0.2) is 60.6 Å². The summed E-state index contributed by atoms with van der Waals surface area (Å²) in [4.78, 5) is 28.2. The van der Waals surface area contributed by atoms with Crippen LogP contribution in [0.1, 0.15) is 34.9 Å². The fraction of sp³-hybridized carbons (Fsp3) is 0.310. The van der Waals surface area contributed by atoms with E-state index in [1.807, 2.05) is 0 Å². The van der Waals surface area contributed by atoms with Crippen molar-refractivity contribution in [2.75, 3.05) is 32.8 Å². The van der Waals surface area contributed by atoms with Crippen LogP contribution in [0.5, 0.6) is 23.0 Å². The first kappa shape index (κ1) is 26.6. The average Bonchev–Trinajstić information content (AvgIpc) is 3.46. The number of nitrogens with zero attached hydrogens (tertiary/aromatic N) is 1. The van der Waals surface area contributed by atoms with E-state index in [-0.39, 0.29) is 42.4 Å². The molecule has 0 radical (unpaired) electrons. The van der Waals surface area contributed by atoms with E-state index < -0.39 is 35.5 Å². The van der Waals surface area contributed by atoms with Crippen molar-refractivity contribution in [2.24, 2.45) is 0 Å². The summed E-state index contributed by atoms with van der Waals surface area (Å²) in [5.74, 6) is -2.02. The molecule has 8 nitrogen and oxygen atoms in total. The Morgan fingerprint density at radius 2 is 1.72 bits per heavy atom. The smallest absolute Gasteiger partial charge is 0.292 e. The Kier molecular flexibility index (Phi) is 8.04. The van der Waals surface area contributed by atoms with Crippen molar-refractivity contribution in [1.82, 2.24) is 10.2 Å². The van der Waals surface area contributed by atoms with Crippen molar-refractivity contribution in [3.8, 4) is 23.0 Å². The lowest BCUT2D eigenvalue weighted by atomic mass is 10.00. The van der Waals surface area contributed by atoms with Gasteiger partial charge in [0.25, 0.3) is 5.91 Å². The number of hydrogen-bond donors (Lipinski definition) is 2. The molecule has 0 saturated carbocycles. The lowest BCUT2D eigenvalue weighted by Gasteiger charge is -2.29. The minimum atomic E-state index is -1.32. The van der Waals surface area contributed by atoms with Gasteiger partial charge in [-0.05, 0) is 80.0 Å². The Labute approximate surface area is 224 Å². The molecule has 204 valence electrons. The molecule has 5 rings (SSSR count). The van der Waals surface area contributed by atoms with Crippen LogP contribution in [0.3, 0.4) is 0 Å². The number of carbonyl (C=O) groups is 2.